The van der Waals surface area contributed by atoms with Gasteiger partial charge in [0.05, 0.1) is 19.3 Å². The van der Waals surface area contributed by atoms with Gasteiger partial charge in [-0.2, -0.15) is 0 Å². The van der Waals surface area contributed by atoms with Gasteiger partial charge in [0.1, 0.15) is 6.10 Å². The van der Waals surface area contributed by atoms with E-state index in [4.69, 9.17) is 9.47 Å². The third-order valence-corrected chi connectivity index (χ3v) is 3.69. The molecule has 19 heavy (non-hydrogen) atoms. The van der Waals surface area contributed by atoms with E-state index in [2.05, 4.69) is 10.6 Å². The van der Waals surface area contributed by atoms with Crippen molar-refractivity contribution in [3.63, 3.8) is 0 Å². The van der Waals surface area contributed by atoms with Crippen LogP contribution in [-0.4, -0.2) is 51.0 Å². The lowest BCUT2D eigenvalue weighted by Crippen LogP contribution is -2.44. The highest BCUT2D eigenvalue weighted by Gasteiger charge is 2.30. The molecule has 2 heterocycles. The number of rotatable bonds is 5. The van der Waals surface area contributed by atoms with Gasteiger partial charge < -0.3 is 20.1 Å². The van der Waals surface area contributed by atoms with Crippen molar-refractivity contribution in [2.75, 3.05) is 32.9 Å². The summed E-state index contributed by atoms with van der Waals surface area (Å²) >= 11 is 0. The maximum Gasteiger partial charge on any atom is 0.220 e. The zero-order valence-corrected chi connectivity index (χ0v) is 12.3. The van der Waals surface area contributed by atoms with E-state index in [1.54, 1.807) is 0 Å². The van der Waals surface area contributed by atoms with Crippen LogP contribution in [0.5, 0.6) is 0 Å². The number of halogens is 1. The van der Waals surface area contributed by atoms with E-state index in [0.717, 1.165) is 25.9 Å². The number of piperidine rings is 1. The van der Waals surface area contributed by atoms with Crippen LogP contribution >= 0.6 is 12.4 Å². The van der Waals surface area contributed by atoms with Crippen molar-refractivity contribution in [1.82, 2.24) is 10.6 Å². The second kappa shape index (κ2) is 8.74. The number of hydrogen-bond acceptors (Lipinski definition) is 4. The molecule has 0 bridgehead atoms. The lowest BCUT2D eigenvalue weighted by Gasteiger charge is -2.24. The van der Waals surface area contributed by atoms with E-state index >= 15 is 0 Å². The maximum atomic E-state index is 12.0. The van der Waals surface area contributed by atoms with Crippen LogP contribution in [0.15, 0.2) is 0 Å². The molecule has 2 aliphatic heterocycles. The van der Waals surface area contributed by atoms with Gasteiger partial charge in [0, 0.05) is 13.0 Å². The molecule has 2 saturated heterocycles. The highest BCUT2D eigenvalue weighted by Crippen LogP contribution is 2.16. The topological polar surface area (TPSA) is 59.6 Å². The molecule has 2 aliphatic rings. The van der Waals surface area contributed by atoms with Gasteiger partial charge in [-0.25, -0.2) is 0 Å². The van der Waals surface area contributed by atoms with Gasteiger partial charge in [-0.3, -0.25) is 4.79 Å². The number of hydrogen-bond donors (Lipinski definition) is 2. The Morgan fingerprint density at radius 1 is 1.37 bits per heavy atom. The zero-order valence-electron chi connectivity index (χ0n) is 11.5. The Labute approximate surface area is 121 Å². The Morgan fingerprint density at radius 2 is 2.11 bits per heavy atom. The molecule has 0 unspecified atom stereocenters. The summed E-state index contributed by atoms with van der Waals surface area (Å²) < 4.78 is 10.9. The number of carbonyl (C=O) groups excluding carboxylic acids is 1. The molecule has 0 spiro atoms. The highest BCUT2D eigenvalue weighted by molar-refractivity contribution is 5.85. The van der Waals surface area contributed by atoms with Crippen LogP contribution in [0.25, 0.3) is 0 Å². The number of carbonyl (C=O) groups is 1. The van der Waals surface area contributed by atoms with Crippen LogP contribution in [0, 0.1) is 5.92 Å². The minimum atomic E-state index is 0. The molecule has 2 atom stereocenters. The van der Waals surface area contributed by atoms with Crippen molar-refractivity contribution in [2.24, 2.45) is 5.92 Å². The van der Waals surface area contributed by atoms with Crippen molar-refractivity contribution >= 4 is 18.3 Å². The number of ether oxygens (including phenoxy) is 2. The van der Waals surface area contributed by atoms with Crippen LogP contribution in [0.1, 0.15) is 26.2 Å². The van der Waals surface area contributed by atoms with E-state index in [1.165, 1.54) is 0 Å². The summed E-state index contributed by atoms with van der Waals surface area (Å²) in [5.41, 5.74) is 0. The molecule has 0 saturated carbocycles. The Balaban J connectivity index is 0.00000180. The summed E-state index contributed by atoms with van der Waals surface area (Å²) in [4.78, 5) is 12.0. The fraction of sp³-hybridized carbons (Fsp3) is 0.923. The van der Waals surface area contributed by atoms with Gasteiger partial charge >= 0.3 is 0 Å². The normalized spacial score (nSPS) is 27.8. The third kappa shape index (κ3) is 5.26. The number of amides is 1. The third-order valence-electron chi connectivity index (χ3n) is 3.69. The van der Waals surface area contributed by atoms with Crippen LogP contribution in [0.4, 0.5) is 0 Å². The van der Waals surface area contributed by atoms with E-state index in [0.29, 0.717) is 32.2 Å². The van der Waals surface area contributed by atoms with Crippen molar-refractivity contribution in [3.8, 4) is 0 Å². The van der Waals surface area contributed by atoms with E-state index < -0.39 is 0 Å². The lowest BCUT2D eigenvalue weighted by atomic mass is 9.94. The summed E-state index contributed by atoms with van der Waals surface area (Å²) in [5.74, 6) is 0.668. The molecule has 112 valence electrons. The van der Waals surface area contributed by atoms with Gasteiger partial charge in [0.15, 0.2) is 0 Å². The fourth-order valence-corrected chi connectivity index (χ4v) is 2.66. The smallest absolute Gasteiger partial charge is 0.220 e. The first-order chi connectivity index (χ1) is 8.79. The van der Waals surface area contributed by atoms with Gasteiger partial charge in [0.2, 0.25) is 5.91 Å². The van der Waals surface area contributed by atoms with Gasteiger partial charge in [0.25, 0.3) is 0 Å². The molecule has 0 aromatic heterocycles. The maximum absolute atomic E-state index is 12.0. The van der Waals surface area contributed by atoms with E-state index in [9.17, 15) is 4.79 Å². The predicted octanol–water partition coefficient (Wildman–Crippen LogP) is 0.718. The molecule has 2 fully saturated rings. The molecule has 0 radical (unpaired) electrons. The summed E-state index contributed by atoms with van der Waals surface area (Å²) in [6.07, 6.45) is 2.86. The molecule has 0 aromatic rings. The van der Waals surface area contributed by atoms with E-state index in [1.807, 2.05) is 6.92 Å². The van der Waals surface area contributed by atoms with Crippen molar-refractivity contribution in [3.05, 3.63) is 0 Å². The highest BCUT2D eigenvalue weighted by atomic mass is 35.5. The van der Waals surface area contributed by atoms with Crippen molar-refractivity contribution in [1.29, 1.82) is 0 Å². The Hall–Kier alpha value is -0.360. The monoisotopic (exact) mass is 292 g/mol. The Morgan fingerprint density at radius 3 is 2.79 bits per heavy atom. The molecule has 0 aliphatic carbocycles. The van der Waals surface area contributed by atoms with Crippen molar-refractivity contribution < 1.29 is 14.3 Å². The van der Waals surface area contributed by atoms with Crippen LogP contribution < -0.4 is 10.6 Å². The standard InChI is InChI=1S/C13H24N2O3.ClH/c1-2-18-12-9-17-8-11(12)15-13(16)7-10-3-5-14-6-4-10;/h10-12,14H,2-9H2,1H3,(H,15,16);1H/t11-,12-;/m0./s1. The first kappa shape index (κ1) is 16.7. The Bertz CT molecular complexity index is 273. The summed E-state index contributed by atoms with van der Waals surface area (Å²) in [6, 6.07) is 0.0270. The first-order valence-corrected chi connectivity index (χ1v) is 6.99. The second-order valence-corrected chi connectivity index (χ2v) is 5.10. The SMILES string of the molecule is CCO[C@H]1COC[C@@H]1NC(=O)CC1CCNCC1.Cl. The first-order valence-electron chi connectivity index (χ1n) is 6.99. The van der Waals surface area contributed by atoms with Gasteiger partial charge in [-0.05, 0) is 38.8 Å². The van der Waals surface area contributed by atoms with Crippen molar-refractivity contribution in [2.45, 2.75) is 38.3 Å². The van der Waals surface area contributed by atoms with E-state index in [-0.39, 0.29) is 30.5 Å². The predicted molar refractivity (Wildman–Crippen MR) is 75.6 cm³/mol. The summed E-state index contributed by atoms with van der Waals surface area (Å²) in [7, 11) is 0. The van der Waals surface area contributed by atoms with Crippen LogP contribution in [-0.2, 0) is 14.3 Å². The molecule has 0 aromatic carbocycles. The molecule has 5 nitrogen and oxygen atoms in total. The molecule has 2 N–H and O–H groups in total. The number of nitrogens with one attached hydrogen (secondary N) is 2. The van der Waals surface area contributed by atoms with Gasteiger partial charge in [-0.15, -0.1) is 12.4 Å². The minimum absolute atomic E-state index is 0. The van der Waals surface area contributed by atoms with Gasteiger partial charge in [-0.1, -0.05) is 0 Å². The average molecular weight is 293 g/mol. The largest absolute Gasteiger partial charge is 0.376 e. The summed E-state index contributed by atoms with van der Waals surface area (Å²) in [5, 5.41) is 6.36. The van der Waals surface area contributed by atoms with Crippen LogP contribution in [0.2, 0.25) is 0 Å². The molecular weight excluding hydrogens is 268 g/mol. The fourth-order valence-electron chi connectivity index (χ4n) is 2.66. The molecule has 6 heteroatoms. The molecular formula is C13H25ClN2O3. The Kier molecular flexibility index (Phi) is 7.68. The molecule has 1 amide bonds. The lowest BCUT2D eigenvalue weighted by molar-refractivity contribution is -0.123. The second-order valence-electron chi connectivity index (χ2n) is 5.10. The minimum Gasteiger partial charge on any atom is -0.376 e. The summed E-state index contributed by atoms with van der Waals surface area (Å²) in [6.45, 7) is 5.85. The zero-order chi connectivity index (χ0) is 12.8. The average Bonchev–Trinajstić information content (AvgIpc) is 2.78. The quantitative estimate of drug-likeness (QED) is 0.784. The van der Waals surface area contributed by atoms with Crippen LogP contribution in [0.3, 0.4) is 0 Å². The molecule has 2 rings (SSSR count).